The lowest BCUT2D eigenvalue weighted by Crippen LogP contribution is -2.39. The van der Waals surface area contributed by atoms with E-state index in [2.05, 4.69) is 5.32 Å². The molecule has 1 aromatic rings. The molecule has 2 rings (SSSR count). The third kappa shape index (κ3) is 4.55. The van der Waals surface area contributed by atoms with Crippen LogP contribution in [0, 0.1) is 0 Å². The number of nitrogens with zero attached hydrogens (tertiary/aromatic N) is 1. The lowest BCUT2D eigenvalue weighted by atomic mass is 9.90. The van der Waals surface area contributed by atoms with Crippen molar-refractivity contribution in [1.82, 2.24) is 10.2 Å². The fraction of sp³-hybridized carbons (Fsp3) is 0.471. The molecule has 1 aliphatic carbocycles. The van der Waals surface area contributed by atoms with Crippen LogP contribution in [0.2, 0.25) is 0 Å². The zero-order valence-electron chi connectivity index (χ0n) is 13.6. The topological polar surface area (TPSA) is 75.7 Å². The molecule has 0 radical (unpaired) electrons. The van der Waals surface area contributed by atoms with E-state index in [0.29, 0.717) is 5.56 Å². The standard InChI is InChI=1S/C17H22N2O4/c1-18-15(20)10-19(2)16(21)11-23-17(22)14-8-7-12-5-3-4-6-13(12)9-14/h7-9H,3-6,10-11H2,1-2H3,(H,18,20). The molecule has 0 aliphatic heterocycles. The van der Waals surface area contributed by atoms with Crippen LogP contribution < -0.4 is 5.32 Å². The third-order valence-electron chi connectivity index (χ3n) is 4.00. The summed E-state index contributed by atoms with van der Waals surface area (Å²) in [6, 6.07) is 5.56. The number of nitrogens with one attached hydrogen (secondary N) is 1. The Morgan fingerprint density at radius 1 is 1.17 bits per heavy atom. The average molecular weight is 318 g/mol. The van der Waals surface area contributed by atoms with Gasteiger partial charge in [-0.1, -0.05) is 6.07 Å². The minimum absolute atomic E-state index is 0.0638. The normalized spacial score (nSPS) is 13.0. The first-order valence-electron chi connectivity index (χ1n) is 7.74. The molecule has 0 saturated heterocycles. The summed E-state index contributed by atoms with van der Waals surface area (Å²) >= 11 is 0. The lowest BCUT2D eigenvalue weighted by molar-refractivity contribution is -0.137. The van der Waals surface area contributed by atoms with Crippen molar-refractivity contribution in [1.29, 1.82) is 0 Å². The van der Waals surface area contributed by atoms with Gasteiger partial charge in [0.25, 0.3) is 5.91 Å². The van der Waals surface area contributed by atoms with Crippen LogP contribution in [0.5, 0.6) is 0 Å². The lowest BCUT2D eigenvalue weighted by Gasteiger charge is -2.17. The first-order chi connectivity index (χ1) is 11.0. The van der Waals surface area contributed by atoms with Crippen molar-refractivity contribution in [2.24, 2.45) is 0 Å². The van der Waals surface area contributed by atoms with E-state index in [4.69, 9.17) is 4.74 Å². The molecule has 0 saturated carbocycles. The van der Waals surface area contributed by atoms with Gasteiger partial charge in [0.1, 0.15) is 0 Å². The summed E-state index contributed by atoms with van der Waals surface area (Å²) < 4.78 is 5.06. The van der Waals surface area contributed by atoms with E-state index in [1.807, 2.05) is 12.1 Å². The van der Waals surface area contributed by atoms with E-state index in [1.165, 1.54) is 36.5 Å². The summed E-state index contributed by atoms with van der Waals surface area (Å²) in [6.07, 6.45) is 4.34. The van der Waals surface area contributed by atoms with E-state index in [9.17, 15) is 14.4 Å². The number of likely N-dealkylation sites (N-methyl/N-ethyl adjacent to an activating group) is 2. The van der Waals surface area contributed by atoms with Gasteiger partial charge in [-0.05, 0) is 48.9 Å². The fourth-order valence-electron chi connectivity index (χ4n) is 2.56. The molecule has 124 valence electrons. The molecular formula is C17H22N2O4. The van der Waals surface area contributed by atoms with Gasteiger partial charge in [-0.2, -0.15) is 0 Å². The van der Waals surface area contributed by atoms with Gasteiger partial charge in [0.05, 0.1) is 12.1 Å². The van der Waals surface area contributed by atoms with Crippen LogP contribution in [0.4, 0.5) is 0 Å². The van der Waals surface area contributed by atoms with Crippen LogP contribution in [-0.4, -0.2) is 49.9 Å². The summed E-state index contributed by atoms with van der Waals surface area (Å²) in [5.74, 6) is -1.21. The predicted octanol–water partition coefficient (Wildman–Crippen LogP) is 0.927. The van der Waals surface area contributed by atoms with Crippen molar-refractivity contribution in [3.05, 3.63) is 34.9 Å². The maximum Gasteiger partial charge on any atom is 0.338 e. The highest BCUT2D eigenvalue weighted by atomic mass is 16.5. The quantitative estimate of drug-likeness (QED) is 0.819. The molecule has 0 unspecified atom stereocenters. The van der Waals surface area contributed by atoms with Crippen molar-refractivity contribution >= 4 is 17.8 Å². The minimum atomic E-state index is -0.514. The second-order valence-corrected chi connectivity index (χ2v) is 5.69. The number of benzene rings is 1. The van der Waals surface area contributed by atoms with Gasteiger partial charge in [0.2, 0.25) is 5.91 Å². The number of hydrogen-bond acceptors (Lipinski definition) is 4. The first kappa shape index (κ1) is 17.0. The van der Waals surface area contributed by atoms with Crippen LogP contribution >= 0.6 is 0 Å². The Hall–Kier alpha value is -2.37. The number of carbonyl (C=O) groups excluding carboxylic acids is 3. The van der Waals surface area contributed by atoms with Crippen molar-refractivity contribution in [3.8, 4) is 0 Å². The number of amides is 2. The zero-order valence-corrected chi connectivity index (χ0v) is 13.6. The molecule has 2 amide bonds. The zero-order chi connectivity index (χ0) is 16.8. The molecule has 0 heterocycles. The van der Waals surface area contributed by atoms with Crippen LogP contribution in [-0.2, 0) is 27.2 Å². The molecule has 0 aromatic heterocycles. The van der Waals surface area contributed by atoms with E-state index < -0.39 is 11.9 Å². The maximum atomic E-state index is 12.1. The fourth-order valence-corrected chi connectivity index (χ4v) is 2.56. The monoisotopic (exact) mass is 318 g/mol. The van der Waals surface area contributed by atoms with Gasteiger partial charge in [-0.15, -0.1) is 0 Å². The Kier molecular flexibility index (Phi) is 5.73. The second kappa shape index (κ2) is 7.76. The summed E-state index contributed by atoms with van der Waals surface area (Å²) in [5.41, 5.74) is 2.94. The predicted molar refractivity (Wildman–Crippen MR) is 85.1 cm³/mol. The van der Waals surface area contributed by atoms with Gasteiger partial charge in [-0.3, -0.25) is 9.59 Å². The molecule has 6 nitrogen and oxygen atoms in total. The summed E-state index contributed by atoms with van der Waals surface area (Å²) in [6.45, 7) is -0.435. The molecule has 0 fully saturated rings. The largest absolute Gasteiger partial charge is 0.452 e. The number of aryl methyl sites for hydroxylation is 2. The average Bonchev–Trinajstić information content (AvgIpc) is 2.58. The van der Waals surface area contributed by atoms with Crippen LogP contribution in [0.25, 0.3) is 0 Å². The smallest absolute Gasteiger partial charge is 0.338 e. The SMILES string of the molecule is CNC(=O)CN(C)C(=O)COC(=O)c1ccc2c(c1)CCCC2. The van der Waals surface area contributed by atoms with Crippen molar-refractivity contribution in [2.75, 3.05) is 27.2 Å². The van der Waals surface area contributed by atoms with E-state index in [0.717, 1.165) is 19.3 Å². The van der Waals surface area contributed by atoms with E-state index in [1.54, 1.807) is 6.07 Å². The Morgan fingerprint density at radius 2 is 1.87 bits per heavy atom. The molecule has 0 atom stereocenters. The number of fused-ring (bicyclic) bond motifs is 1. The number of ether oxygens (including phenoxy) is 1. The highest BCUT2D eigenvalue weighted by Gasteiger charge is 2.17. The van der Waals surface area contributed by atoms with Crippen LogP contribution in [0.1, 0.15) is 34.3 Å². The first-order valence-corrected chi connectivity index (χ1v) is 7.74. The molecule has 0 bridgehead atoms. The molecule has 1 aromatic carbocycles. The van der Waals surface area contributed by atoms with Crippen molar-refractivity contribution in [3.63, 3.8) is 0 Å². The Bertz CT molecular complexity index is 613. The van der Waals surface area contributed by atoms with Gasteiger partial charge in [0.15, 0.2) is 6.61 Å². The summed E-state index contributed by atoms with van der Waals surface area (Å²) in [5, 5.41) is 2.43. The van der Waals surface area contributed by atoms with Crippen LogP contribution in [0.15, 0.2) is 18.2 Å². The molecule has 1 N–H and O–H groups in total. The van der Waals surface area contributed by atoms with Gasteiger partial charge < -0.3 is 15.0 Å². The van der Waals surface area contributed by atoms with Gasteiger partial charge in [-0.25, -0.2) is 4.79 Å². The highest BCUT2D eigenvalue weighted by Crippen LogP contribution is 2.22. The van der Waals surface area contributed by atoms with Gasteiger partial charge in [0, 0.05) is 14.1 Å². The second-order valence-electron chi connectivity index (χ2n) is 5.69. The summed E-state index contributed by atoms with van der Waals surface area (Å²) in [7, 11) is 2.99. The van der Waals surface area contributed by atoms with E-state index >= 15 is 0 Å². The Labute approximate surface area is 135 Å². The number of carbonyl (C=O) groups is 3. The van der Waals surface area contributed by atoms with Crippen molar-refractivity contribution < 1.29 is 19.1 Å². The number of hydrogen-bond donors (Lipinski definition) is 1. The molecule has 23 heavy (non-hydrogen) atoms. The molecule has 6 heteroatoms. The Morgan fingerprint density at radius 3 is 2.57 bits per heavy atom. The van der Waals surface area contributed by atoms with E-state index in [-0.39, 0.29) is 19.1 Å². The molecule has 1 aliphatic rings. The maximum absolute atomic E-state index is 12.1. The highest BCUT2D eigenvalue weighted by molar-refractivity contribution is 5.92. The number of esters is 1. The van der Waals surface area contributed by atoms with Crippen molar-refractivity contribution in [2.45, 2.75) is 25.7 Å². The third-order valence-corrected chi connectivity index (χ3v) is 4.00. The number of rotatable bonds is 5. The minimum Gasteiger partial charge on any atom is -0.452 e. The molecule has 0 spiro atoms. The molecular weight excluding hydrogens is 296 g/mol. The van der Waals surface area contributed by atoms with Crippen LogP contribution in [0.3, 0.4) is 0 Å². The van der Waals surface area contributed by atoms with Gasteiger partial charge >= 0.3 is 5.97 Å². The summed E-state index contributed by atoms with van der Waals surface area (Å²) in [4.78, 5) is 36.3. The Balaban J connectivity index is 1.89.